The Labute approximate surface area is 136 Å². The van der Waals surface area contributed by atoms with Crippen molar-refractivity contribution in [2.75, 3.05) is 38.6 Å². The van der Waals surface area contributed by atoms with Crippen molar-refractivity contribution in [3.05, 3.63) is 18.2 Å². The van der Waals surface area contributed by atoms with E-state index in [2.05, 4.69) is 10.6 Å². The Morgan fingerprint density at radius 1 is 1.23 bits per heavy atom. The molecule has 0 saturated heterocycles. The van der Waals surface area contributed by atoms with Crippen LogP contribution in [0.15, 0.2) is 23.1 Å². The summed E-state index contributed by atoms with van der Waals surface area (Å²) in [5, 5.41) is 6.08. The van der Waals surface area contributed by atoms with Gasteiger partial charge in [0.05, 0.1) is 13.2 Å². The van der Waals surface area contributed by atoms with Crippen LogP contribution in [0.3, 0.4) is 0 Å². The molecular formula is C16H24N2O3S. The van der Waals surface area contributed by atoms with E-state index in [0.717, 1.165) is 41.7 Å². The quantitative estimate of drug-likeness (QED) is 0.566. The largest absolute Gasteiger partial charge is 0.490 e. The third-order valence-electron chi connectivity index (χ3n) is 3.19. The minimum atomic E-state index is 0.0970. The summed E-state index contributed by atoms with van der Waals surface area (Å²) in [4.78, 5) is 12.8. The minimum absolute atomic E-state index is 0.0970. The molecular weight excluding hydrogens is 300 g/mol. The average molecular weight is 324 g/mol. The van der Waals surface area contributed by atoms with E-state index in [1.54, 1.807) is 11.8 Å². The van der Waals surface area contributed by atoms with Gasteiger partial charge in [0.15, 0.2) is 11.5 Å². The molecule has 22 heavy (non-hydrogen) atoms. The molecule has 1 aromatic rings. The molecule has 1 aliphatic rings. The number of rotatable bonds is 8. The molecule has 2 N–H and O–H groups in total. The van der Waals surface area contributed by atoms with Crippen molar-refractivity contribution in [3.8, 4) is 11.5 Å². The first-order valence-corrected chi connectivity index (χ1v) is 8.78. The lowest BCUT2D eigenvalue weighted by Crippen LogP contribution is -2.31. The monoisotopic (exact) mass is 324 g/mol. The maximum Gasteiger partial charge on any atom is 0.220 e. The molecule has 6 heteroatoms. The molecule has 0 fully saturated rings. The van der Waals surface area contributed by atoms with Gasteiger partial charge in [-0.15, -0.1) is 11.8 Å². The molecule has 0 bridgehead atoms. The average Bonchev–Trinajstić information content (AvgIpc) is 2.76. The molecule has 0 spiro atoms. The summed E-state index contributed by atoms with van der Waals surface area (Å²) in [5.41, 5.74) is 0. The maximum absolute atomic E-state index is 11.7. The third-order valence-corrected chi connectivity index (χ3v) is 4.19. The predicted octanol–water partition coefficient (Wildman–Crippen LogP) is 2.06. The van der Waals surface area contributed by atoms with Gasteiger partial charge in [-0.1, -0.05) is 6.92 Å². The molecule has 122 valence electrons. The van der Waals surface area contributed by atoms with Crippen LogP contribution in [0.5, 0.6) is 11.5 Å². The zero-order valence-electron chi connectivity index (χ0n) is 13.0. The lowest BCUT2D eigenvalue weighted by molar-refractivity contribution is -0.120. The van der Waals surface area contributed by atoms with Crippen molar-refractivity contribution >= 4 is 17.7 Å². The van der Waals surface area contributed by atoms with Crippen molar-refractivity contribution in [3.63, 3.8) is 0 Å². The van der Waals surface area contributed by atoms with Crippen LogP contribution in [-0.2, 0) is 4.79 Å². The van der Waals surface area contributed by atoms with Gasteiger partial charge in [-0.3, -0.25) is 4.79 Å². The van der Waals surface area contributed by atoms with Gasteiger partial charge in [-0.25, -0.2) is 0 Å². The normalized spacial score (nSPS) is 13.5. The van der Waals surface area contributed by atoms with Gasteiger partial charge in [0.25, 0.3) is 0 Å². The number of ether oxygens (including phenoxy) is 2. The van der Waals surface area contributed by atoms with Crippen molar-refractivity contribution in [1.82, 2.24) is 10.6 Å². The van der Waals surface area contributed by atoms with E-state index in [1.807, 2.05) is 25.1 Å². The number of fused-ring (bicyclic) bond motifs is 1. The lowest BCUT2D eigenvalue weighted by Gasteiger charge is -2.09. The number of carbonyl (C=O) groups excluding carboxylic acids is 1. The van der Waals surface area contributed by atoms with E-state index in [9.17, 15) is 4.79 Å². The first-order valence-electron chi connectivity index (χ1n) is 7.79. The summed E-state index contributed by atoms with van der Waals surface area (Å²) in [6.07, 6.45) is 1.43. The fraction of sp³-hybridized carbons (Fsp3) is 0.562. The molecule has 0 aromatic heterocycles. The molecule has 5 nitrogen and oxygen atoms in total. The zero-order chi connectivity index (χ0) is 15.6. The summed E-state index contributed by atoms with van der Waals surface area (Å²) in [6.45, 7) is 5.87. The first-order chi connectivity index (χ1) is 10.8. The van der Waals surface area contributed by atoms with Gasteiger partial charge in [-0.05, 0) is 24.7 Å². The molecule has 1 heterocycles. The predicted molar refractivity (Wildman–Crippen MR) is 88.9 cm³/mol. The number of likely N-dealkylation sites (N-methyl/N-ethyl adjacent to an activating group) is 1. The van der Waals surface area contributed by atoms with Crippen LogP contribution in [0, 0.1) is 0 Å². The van der Waals surface area contributed by atoms with Crippen LogP contribution in [-0.4, -0.2) is 44.5 Å². The lowest BCUT2D eigenvalue weighted by atomic mass is 10.3. The molecule has 2 rings (SSSR count). The van der Waals surface area contributed by atoms with Crippen LogP contribution in [0.25, 0.3) is 0 Å². The van der Waals surface area contributed by atoms with Gasteiger partial charge in [0, 0.05) is 36.6 Å². The fourth-order valence-corrected chi connectivity index (χ4v) is 2.93. The molecule has 1 amide bonds. The summed E-state index contributed by atoms with van der Waals surface area (Å²) in [6, 6.07) is 5.95. The number of amides is 1. The fourth-order valence-electron chi connectivity index (χ4n) is 2.05. The van der Waals surface area contributed by atoms with Crippen molar-refractivity contribution < 1.29 is 14.3 Å². The summed E-state index contributed by atoms with van der Waals surface area (Å²) in [5.74, 6) is 2.47. The summed E-state index contributed by atoms with van der Waals surface area (Å²) >= 11 is 1.66. The molecule has 0 unspecified atom stereocenters. The molecule has 0 radical (unpaired) electrons. The maximum atomic E-state index is 11.7. The molecule has 1 aromatic carbocycles. The van der Waals surface area contributed by atoms with Gasteiger partial charge < -0.3 is 20.1 Å². The van der Waals surface area contributed by atoms with Crippen LogP contribution in [0.1, 0.15) is 19.8 Å². The van der Waals surface area contributed by atoms with Crippen molar-refractivity contribution in [1.29, 1.82) is 0 Å². The zero-order valence-corrected chi connectivity index (χ0v) is 13.8. The number of hydrogen-bond acceptors (Lipinski definition) is 5. The van der Waals surface area contributed by atoms with E-state index in [1.165, 1.54) is 0 Å². The molecule has 0 atom stereocenters. The van der Waals surface area contributed by atoms with Gasteiger partial charge in [0.1, 0.15) is 0 Å². The van der Waals surface area contributed by atoms with Crippen molar-refractivity contribution in [2.24, 2.45) is 0 Å². The van der Waals surface area contributed by atoms with Crippen molar-refractivity contribution in [2.45, 2.75) is 24.7 Å². The summed E-state index contributed by atoms with van der Waals surface area (Å²) < 4.78 is 11.3. The topological polar surface area (TPSA) is 59.6 Å². The Hall–Kier alpha value is -1.40. The smallest absolute Gasteiger partial charge is 0.220 e. The number of thioether (sulfide) groups is 1. The Bertz CT molecular complexity index is 482. The van der Waals surface area contributed by atoms with Crippen LogP contribution < -0.4 is 20.1 Å². The SMILES string of the molecule is CCNCCNC(=O)CCSc1ccc2c(c1)OCCCO2. The van der Waals surface area contributed by atoms with E-state index < -0.39 is 0 Å². The van der Waals surface area contributed by atoms with Gasteiger partial charge in [0.2, 0.25) is 5.91 Å². The second-order valence-electron chi connectivity index (χ2n) is 4.96. The highest BCUT2D eigenvalue weighted by Gasteiger charge is 2.11. The van der Waals surface area contributed by atoms with Crippen LogP contribution in [0.4, 0.5) is 0 Å². The van der Waals surface area contributed by atoms with Gasteiger partial charge >= 0.3 is 0 Å². The van der Waals surface area contributed by atoms with E-state index >= 15 is 0 Å². The highest BCUT2D eigenvalue weighted by Crippen LogP contribution is 2.33. The molecule has 0 aliphatic carbocycles. The summed E-state index contributed by atoms with van der Waals surface area (Å²) in [7, 11) is 0. The van der Waals surface area contributed by atoms with Crippen LogP contribution >= 0.6 is 11.8 Å². The number of hydrogen-bond donors (Lipinski definition) is 2. The number of nitrogens with one attached hydrogen (secondary N) is 2. The Balaban J connectivity index is 1.70. The first kappa shape index (κ1) is 17.0. The Kier molecular flexibility index (Phi) is 7.39. The molecule has 1 aliphatic heterocycles. The standard InChI is InChI=1S/C16H24N2O3S/c1-2-17-7-8-18-16(19)6-11-22-13-4-5-14-15(12-13)21-10-3-9-20-14/h4-5,12,17H,2-3,6-11H2,1H3,(H,18,19). The van der Waals surface area contributed by atoms with E-state index in [0.29, 0.717) is 26.2 Å². The second-order valence-corrected chi connectivity index (χ2v) is 6.13. The van der Waals surface area contributed by atoms with E-state index in [4.69, 9.17) is 9.47 Å². The minimum Gasteiger partial charge on any atom is -0.490 e. The Morgan fingerprint density at radius 3 is 2.86 bits per heavy atom. The van der Waals surface area contributed by atoms with Gasteiger partial charge in [-0.2, -0.15) is 0 Å². The highest BCUT2D eigenvalue weighted by molar-refractivity contribution is 7.99. The van der Waals surface area contributed by atoms with Crippen LogP contribution in [0.2, 0.25) is 0 Å². The number of benzene rings is 1. The molecule has 0 saturated carbocycles. The highest BCUT2D eigenvalue weighted by atomic mass is 32.2. The van der Waals surface area contributed by atoms with E-state index in [-0.39, 0.29) is 5.91 Å². The third kappa shape index (κ3) is 5.77. The second kappa shape index (κ2) is 9.58. The number of carbonyl (C=O) groups is 1. The Morgan fingerprint density at radius 2 is 2.05 bits per heavy atom.